The average Bonchev–Trinajstić information content (AvgIpc) is 3.44. The van der Waals surface area contributed by atoms with E-state index in [9.17, 15) is 34.3 Å². The molecule has 2 amide bonds. The Morgan fingerprint density at radius 1 is 1.23 bits per heavy atom. The molecule has 0 saturated heterocycles. The fourth-order valence-corrected chi connectivity index (χ4v) is 4.75. The maximum Gasteiger partial charge on any atom is 0.412 e. The summed E-state index contributed by atoms with van der Waals surface area (Å²) in [5.74, 6) is -1.28. The first kappa shape index (κ1) is 26.8. The van der Waals surface area contributed by atoms with Crippen LogP contribution in [-0.2, 0) is 19.7 Å². The van der Waals surface area contributed by atoms with Crippen LogP contribution in [0.15, 0.2) is 17.0 Å². The minimum Gasteiger partial charge on any atom is -0.447 e. The molecular weight excluding hydrogens is 548 g/mol. The molecule has 9 nitrogen and oxygen atoms in total. The molecule has 1 aromatic carbocycles. The van der Waals surface area contributed by atoms with Gasteiger partial charge in [0.2, 0.25) is 5.91 Å². The summed E-state index contributed by atoms with van der Waals surface area (Å²) in [5.41, 5.74) is 2.90. The van der Waals surface area contributed by atoms with E-state index in [2.05, 4.69) is 10.4 Å². The largest absolute Gasteiger partial charge is 0.447 e. The van der Waals surface area contributed by atoms with Gasteiger partial charge in [0.05, 0.1) is 22.1 Å². The number of methoxy groups -OCH3 is 1. The van der Waals surface area contributed by atoms with Gasteiger partial charge in [-0.05, 0) is 25.0 Å². The number of aromatic nitrogens is 2. The maximum atomic E-state index is 13.3. The van der Waals surface area contributed by atoms with Crippen LogP contribution >= 0.6 is 33.4 Å². The summed E-state index contributed by atoms with van der Waals surface area (Å²) in [6.45, 7) is -0.195. The highest BCUT2D eigenvalue weighted by Gasteiger charge is 2.65. The molecule has 0 bridgehead atoms. The van der Waals surface area contributed by atoms with E-state index in [1.54, 1.807) is 6.07 Å². The Hall–Kier alpha value is -2.80. The number of amides is 2. The first-order valence-electron chi connectivity index (χ1n) is 9.45. The third-order valence-corrected chi connectivity index (χ3v) is 6.78. The lowest BCUT2D eigenvalue weighted by Crippen LogP contribution is -2.30. The second kappa shape index (κ2) is 8.12. The summed E-state index contributed by atoms with van der Waals surface area (Å²) in [6.07, 6.45) is -0.786. The molecule has 3 N–H and O–H groups in total. The minimum absolute atomic E-state index is 0.0156. The highest BCUT2D eigenvalue weighted by atomic mass is 35.5. The van der Waals surface area contributed by atoms with Gasteiger partial charge in [-0.1, -0.05) is 42.6 Å². The minimum atomic E-state index is -10.2. The average molecular weight is 564 g/mol. The van der Waals surface area contributed by atoms with Gasteiger partial charge in [0.1, 0.15) is 29.1 Å². The molecular formula is C18H16Cl2F5N5O4S. The van der Waals surface area contributed by atoms with Crippen LogP contribution in [0.4, 0.5) is 30.0 Å². The lowest BCUT2D eigenvalue weighted by Gasteiger charge is -2.40. The lowest BCUT2D eigenvalue weighted by atomic mass is 9.94. The molecule has 17 heteroatoms. The van der Waals surface area contributed by atoms with E-state index in [0.717, 1.165) is 0 Å². The zero-order valence-corrected chi connectivity index (χ0v) is 19.9. The second-order valence-corrected chi connectivity index (χ2v) is 10.7. The molecule has 1 fully saturated rings. The van der Waals surface area contributed by atoms with E-state index in [0.29, 0.717) is 4.68 Å². The summed E-state index contributed by atoms with van der Waals surface area (Å²) < 4.78 is 76.8. The molecule has 1 aliphatic rings. The lowest BCUT2D eigenvalue weighted by molar-refractivity contribution is -0.120. The van der Waals surface area contributed by atoms with Crippen molar-refractivity contribution >= 4 is 51.2 Å². The van der Waals surface area contributed by atoms with Gasteiger partial charge in [0.25, 0.3) is 0 Å². The van der Waals surface area contributed by atoms with Crippen molar-refractivity contribution in [2.45, 2.75) is 23.2 Å². The Labute approximate surface area is 204 Å². The van der Waals surface area contributed by atoms with Crippen LogP contribution in [0.25, 0.3) is 5.69 Å². The van der Waals surface area contributed by atoms with E-state index in [4.69, 9.17) is 38.4 Å². The van der Waals surface area contributed by atoms with Crippen LogP contribution in [0.2, 0.25) is 10.0 Å². The molecule has 35 heavy (non-hydrogen) atoms. The number of nitrogens with zero attached hydrogens (tertiary/aromatic N) is 3. The summed E-state index contributed by atoms with van der Waals surface area (Å²) in [4.78, 5) is 22.1. The van der Waals surface area contributed by atoms with Crippen LogP contribution in [-0.4, -0.2) is 42.1 Å². The van der Waals surface area contributed by atoms with Crippen molar-refractivity contribution in [1.82, 2.24) is 9.78 Å². The van der Waals surface area contributed by atoms with Crippen molar-refractivity contribution in [2.24, 2.45) is 5.73 Å². The summed E-state index contributed by atoms with van der Waals surface area (Å²) in [6, 6.07) is 1.59. The fraction of sp³-hybridized carbons (Fsp3) is 0.333. The van der Waals surface area contributed by atoms with Gasteiger partial charge in [-0.15, -0.1) is 0 Å². The van der Waals surface area contributed by atoms with Gasteiger partial charge < -0.3 is 15.2 Å². The Balaban J connectivity index is 2.25. The number of primary amides is 1. The third-order valence-electron chi connectivity index (χ3n) is 5.08. The number of nitrogens with one attached hydrogen (secondary N) is 1. The van der Waals surface area contributed by atoms with Crippen LogP contribution in [0.3, 0.4) is 0 Å². The van der Waals surface area contributed by atoms with Crippen molar-refractivity contribution in [3.8, 4) is 11.8 Å². The van der Waals surface area contributed by atoms with Crippen LogP contribution in [0.1, 0.15) is 24.1 Å². The number of carbonyl (C=O) groups excluding carboxylic acids is 2. The van der Waals surface area contributed by atoms with Gasteiger partial charge in [-0.2, -0.15) is 10.4 Å². The summed E-state index contributed by atoms with van der Waals surface area (Å²) >= 11 is 11.8. The zero-order valence-electron chi connectivity index (χ0n) is 17.6. The van der Waals surface area contributed by atoms with Crippen LogP contribution in [0.5, 0.6) is 0 Å². The molecule has 0 spiro atoms. The Morgan fingerprint density at radius 3 is 2.23 bits per heavy atom. The van der Waals surface area contributed by atoms with Crippen molar-refractivity contribution in [3.05, 3.63) is 33.4 Å². The molecule has 0 aliphatic heterocycles. The van der Waals surface area contributed by atoms with Gasteiger partial charge in [0.15, 0.2) is 5.69 Å². The monoisotopic (exact) mass is 563 g/mol. The summed E-state index contributed by atoms with van der Waals surface area (Å²) in [7, 11) is -8.82. The highest BCUT2D eigenvalue weighted by Crippen LogP contribution is 3.02. The van der Waals surface area contributed by atoms with Gasteiger partial charge >= 0.3 is 16.3 Å². The van der Waals surface area contributed by atoms with E-state index in [1.807, 2.05) is 0 Å². The van der Waals surface area contributed by atoms with Crippen LogP contribution < -0.4 is 11.1 Å². The van der Waals surface area contributed by atoms with Crippen molar-refractivity contribution in [2.75, 3.05) is 25.6 Å². The van der Waals surface area contributed by atoms with E-state index in [-0.39, 0.29) is 43.8 Å². The van der Waals surface area contributed by atoms with Crippen molar-refractivity contribution in [1.29, 1.82) is 5.26 Å². The number of halogens is 7. The number of carbonyl (C=O) groups is 2. The molecule has 0 radical (unpaired) electrons. The Bertz CT molecular complexity index is 1250. The molecule has 1 saturated carbocycles. The van der Waals surface area contributed by atoms with Crippen molar-refractivity contribution < 1.29 is 38.5 Å². The van der Waals surface area contributed by atoms with E-state index < -0.39 is 59.8 Å². The quantitative estimate of drug-likeness (QED) is 0.325. The Kier molecular flexibility index (Phi) is 6.22. The normalized spacial score (nSPS) is 16.5. The topological polar surface area (TPSA) is 132 Å². The number of hydrogen-bond acceptors (Lipinski definition) is 6. The maximum absolute atomic E-state index is 13.3. The zero-order chi connectivity index (χ0) is 26.5. The van der Waals surface area contributed by atoms with Crippen LogP contribution in [0, 0.1) is 11.3 Å². The van der Waals surface area contributed by atoms with E-state index in [1.165, 1.54) is 7.11 Å². The summed E-state index contributed by atoms with van der Waals surface area (Å²) in [5, 5.41) is 13.9. The molecule has 192 valence electrons. The highest BCUT2D eigenvalue weighted by molar-refractivity contribution is 8.45. The molecule has 0 unspecified atom stereocenters. The molecule has 1 aromatic heterocycles. The molecule has 2 aromatic rings. The predicted molar refractivity (Wildman–Crippen MR) is 117 cm³/mol. The number of anilines is 1. The molecule has 0 atom stereocenters. The standard InChI is InChI=1S/C18H16Cl2F5N5O4S/c1-33-4-5-34-17(32)28-15-13(18(2-3-18)16(27)31)12(8-26)29-30(15)14-10(19)6-9(7-11(14)20)35(21,22,23,24)25/h6-7H,2-5H2,1H3,(H2,27,31)(H,28,32). The van der Waals surface area contributed by atoms with E-state index >= 15 is 0 Å². The van der Waals surface area contributed by atoms with Gasteiger partial charge in [0, 0.05) is 12.7 Å². The molecule has 3 rings (SSSR count). The fourth-order valence-electron chi connectivity index (χ4n) is 3.29. The number of benzene rings is 1. The number of hydrogen-bond donors (Lipinski definition) is 2. The first-order valence-corrected chi connectivity index (χ1v) is 12.2. The number of nitriles is 1. The SMILES string of the molecule is COCCOC(=O)Nc1c(C2(C(N)=O)CC2)c(C#N)nn1-c1c(Cl)cc(S(F)(F)(F)(F)F)cc1Cl. The third kappa shape index (κ3) is 5.25. The number of nitrogens with two attached hydrogens (primary N) is 1. The van der Waals surface area contributed by atoms with Gasteiger partial charge in [-0.25, -0.2) is 9.48 Å². The first-order chi connectivity index (χ1) is 15.9. The second-order valence-electron chi connectivity index (χ2n) is 7.50. The predicted octanol–water partition coefficient (Wildman–Crippen LogP) is 5.42. The number of rotatable bonds is 8. The Morgan fingerprint density at radius 2 is 1.80 bits per heavy atom. The molecule has 1 heterocycles. The smallest absolute Gasteiger partial charge is 0.412 e. The van der Waals surface area contributed by atoms with Crippen molar-refractivity contribution in [3.63, 3.8) is 0 Å². The van der Waals surface area contributed by atoms with Gasteiger partial charge in [-0.3, -0.25) is 10.1 Å². The molecule has 1 aliphatic carbocycles. The number of ether oxygens (including phenoxy) is 2.